The number of aromatic nitrogens is 2. The van der Waals surface area contributed by atoms with Gasteiger partial charge in [-0.15, -0.1) is 11.3 Å². The maximum absolute atomic E-state index is 12.6. The van der Waals surface area contributed by atoms with Gasteiger partial charge in [0.05, 0.1) is 4.88 Å². The van der Waals surface area contributed by atoms with Crippen LogP contribution in [0, 0.1) is 6.92 Å². The van der Waals surface area contributed by atoms with Gasteiger partial charge in [-0.25, -0.2) is 9.97 Å². The topological polar surface area (TPSA) is 52.6 Å². The van der Waals surface area contributed by atoms with Crippen LogP contribution in [0.15, 0.2) is 22.0 Å². The number of aryl methyl sites for hydroxylation is 1. The molecule has 2 aliphatic rings. The van der Waals surface area contributed by atoms with E-state index in [9.17, 15) is 4.79 Å². The van der Waals surface area contributed by atoms with Crippen molar-refractivity contribution >= 4 is 44.8 Å². The van der Waals surface area contributed by atoms with Crippen LogP contribution in [0.1, 0.15) is 34.8 Å². The van der Waals surface area contributed by atoms with Crippen LogP contribution >= 0.6 is 27.3 Å². The Labute approximate surface area is 172 Å². The first-order chi connectivity index (χ1) is 13.1. The predicted molar refractivity (Wildman–Crippen MR) is 113 cm³/mol. The fourth-order valence-corrected chi connectivity index (χ4v) is 5.10. The van der Waals surface area contributed by atoms with Crippen LogP contribution in [0.3, 0.4) is 0 Å². The monoisotopic (exact) mass is 449 g/mol. The SMILES string of the molecule is Cc1nc(N2CCCCC2)cc(N2CCN(C(=O)c3cc(Br)cs3)CC2)n1. The lowest BCUT2D eigenvalue weighted by Gasteiger charge is -2.36. The molecular weight excluding hydrogens is 426 g/mol. The molecule has 2 fully saturated rings. The summed E-state index contributed by atoms with van der Waals surface area (Å²) >= 11 is 4.91. The molecule has 2 saturated heterocycles. The Bertz CT molecular complexity index is 812. The smallest absolute Gasteiger partial charge is 0.264 e. The number of rotatable bonds is 3. The predicted octanol–water partition coefficient (Wildman–Crippen LogP) is 3.56. The molecule has 2 aromatic rings. The third kappa shape index (κ3) is 4.27. The van der Waals surface area contributed by atoms with Crippen molar-refractivity contribution < 1.29 is 4.79 Å². The molecule has 0 aliphatic carbocycles. The first-order valence-electron chi connectivity index (χ1n) is 9.49. The van der Waals surface area contributed by atoms with Crippen molar-refractivity contribution in [2.45, 2.75) is 26.2 Å². The molecule has 144 valence electrons. The number of anilines is 2. The molecule has 6 nitrogen and oxygen atoms in total. The summed E-state index contributed by atoms with van der Waals surface area (Å²) in [6.07, 6.45) is 3.78. The number of amides is 1. The fraction of sp³-hybridized carbons (Fsp3) is 0.526. The summed E-state index contributed by atoms with van der Waals surface area (Å²) in [7, 11) is 0. The molecule has 0 saturated carbocycles. The highest BCUT2D eigenvalue weighted by atomic mass is 79.9. The number of piperidine rings is 1. The van der Waals surface area contributed by atoms with Gasteiger partial charge in [0.25, 0.3) is 5.91 Å². The normalized spacial score (nSPS) is 18.1. The molecule has 0 spiro atoms. The van der Waals surface area contributed by atoms with Gasteiger partial charge in [-0.1, -0.05) is 0 Å². The number of carbonyl (C=O) groups excluding carboxylic acids is 1. The lowest BCUT2D eigenvalue weighted by molar-refractivity contribution is 0.0751. The molecule has 0 N–H and O–H groups in total. The van der Waals surface area contributed by atoms with Crippen molar-refractivity contribution in [1.29, 1.82) is 0 Å². The number of halogens is 1. The minimum Gasteiger partial charge on any atom is -0.356 e. The molecular formula is C19H24BrN5OS. The second-order valence-corrected chi connectivity index (χ2v) is 8.91. The van der Waals surface area contributed by atoms with Crippen LogP contribution in [-0.2, 0) is 0 Å². The summed E-state index contributed by atoms with van der Waals surface area (Å²) in [5.41, 5.74) is 0. The van der Waals surface area contributed by atoms with Crippen molar-refractivity contribution in [2.75, 3.05) is 49.1 Å². The zero-order chi connectivity index (χ0) is 18.8. The first kappa shape index (κ1) is 18.7. The van der Waals surface area contributed by atoms with E-state index in [-0.39, 0.29) is 5.91 Å². The molecule has 0 atom stereocenters. The van der Waals surface area contributed by atoms with Crippen LogP contribution in [0.5, 0.6) is 0 Å². The maximum Gasteiger partial charge on any atom is 0.264 e. The Morgan fingerprint density at radius 1 is 0.963 bits per heavy atom. The zero-order valence-electron chi connectivity index (χ0n) is 15.5. The quantitative estimate of drug-likeness (QED) is 0.716. The van der Waals surface area contributed by atoms with Gasteiger partial charge in [0.15, 0.2) is 0 Å². The summed E-state index contributed by atoms with van der Waals surface area (Å²) in [5, 5.41) is 1.95. The van der Waals surface area contributed by atoms with E-state index in [1.165, 1.54) is 30.6 Å². The van der Waals surface area contributed by atoms with Crippen LogP contribution in [-0.4, -0.2) is 60.0 Å². The second-order valence-electron chi connectivity index (χ2n) is 7.09. The number of carbonyl (C=O) groups is 1. The van der Waals surface area contributed by atoms with Gasteiger partial charge in [0.1, 0.15) is 17.5 Å². The molecule has 4 rings (SSSR count). The van der Waals surface area contributed by atoms with E-state index in [0.717, 1.165) is 66.1 Å². The van der Waals surface area contributed by atoms with Gasteiger partial charge in [-0.3, -0.25) is 4.79 Å². The van der Waals surface area contributed by atoms with Crippen LogP contribution in [0.4, 0.5) is 11.6 Å². The average Bonchev–Trinajstić information content (AvgIpc) is 3.14. The molecule has 4 heterocycles. The largest absolute Gasteiger partial charge is 0.356 e. The van der Waals surface area contributed by atoms with Gasteiger partial charge in [0, 0.05) is 55.2 Å². The summed E-state index contributed by atoms with van der Waals surface area (Å²) in [4.78, 5) is 29.3. The van der Waals surface area contributed by atoms with E-state index < -0.39 is 0 Å². The number of hydrogen-bond acceptors (Lipinski definition) is 6. The summed E-state index contributed by atoms with van der Waals surface area (Å²) in [6.45, 7) is 7.16. The zero-order valence-corrected chi connectivity index (χ0v) is 17.9. The first-order valence-corrected chi connectivity index (χ1v) is 11.2. The third-order valence-electron chi connectivity index (χ3n) is 5.16. The second kappa shape index (κ2) is 8.14. The van der Waals surface area contributed by atoms with Crippen molar-refractivity contribution in [3.05, 3.63) is 32.7 Å². The highest BCUT2D eigenvalue weighted by Gasteiger charge is 2.25. The Kier molecular flexibility index (Phi) is 5.63. The highest BCUT2D eigenvalue weighted by Crippen LogP contribution is 2.25. The van der Waals surface area contributed by atoms with Gasteiger partial charge < -0.3 is 14.7 Å². The van der Waals surface area contributed by atoms with Gasteiger partial charge in [0.2, 0.25) is 0 Å². The van der Waals surface area contributed by atoms with Crippen LogP contribution in [0.2, 0.25) is 0 Å². The Morgan fingerprint density at radius 2 is 1.59 bits per heavy atom. The molecule has 27 heavy (non-hydrogen) atoms. The Hall–Kier alpha value is -1.67. The van der Waals surface area contributed by atoms with Gasteiger partial charge in [-0.2, -0.15) is 0 Å². The van der Waals surface area contributed by atoms with Crippen molar-refractivity contribution in [3.8, 4) is 0 Å². The minimum absolute atomic E-state index is 0.123. The molecule has 0 radical (unpaired) electrons. The average molecular weight is 450 g/mol. The third-order valence-corrected chi connectivity index (χ3v) is 6.84. The van der Waals surface area contributed by atoms with Crippen LogP contribution in [0.25, 0.3) is 0 Å². The number of piperazine rings is 1. The minimum atomic E-state index is 0.123. The molecule has 2 aliphatic heterocycles. The lowest BCUT2D eigenvalue weighted by atomic mass is 10.1. The number of nitrogens with zero attached hydrogens (tertiary/aromatic N) is 5. The summed E-state index contributed by atoms with van der Waals surface area (Å²) < 4.78 is 0.969. The number of thiophene rings is 1. The van der Waals surface area contributed by atoms with E-state index >= 15 is 0 Å². The van der Waals surface area contributed by atoms with Gasteiger partial charge in [-0.05, 0) is 48.2 Å². The fourth-order valence-electron chi connectivity index (χ4n) is 3.70. The lowest BCUT2D eigenvalue weighted by Crippen LogP contribution is -2.49. The molecule has 0 aromatic carbocycles. The number of hydrogen-bond donors (Lipinski definition) is 0. The van der Waals surface area contributed by atoms with Gasteiger partial charge >= 0.3 is 0 Å². The van der Waals surface area contributed by atoms with E-state index in [2.05, 4.69) is 41.8 Å². The molecule has 1 amide bonds. The summed E-state index contributed by atoms with van der Waals surface area (Å²) in [6, 6.07) is 4.02. The van der Waals surface area contributed by atoms with Crippen molar-refractivity contribution in [3.63, 3.8) is 0 Å². The molecule has 8 heteroatoms. The Balaban J connectivity index is 1.43. The van der Waals surface area contributed by atoms with E-state index in [4.69, 9.17) is 0 Å². The van der Waals surface area contributed by atoms with E-state index in [1.54, 1.807) is 0 Å². The molecule has 2 aromatic heterocycles. The molecule has 0 unspecified atom stereocenters. The van der Waals surface area contributed by atoms with E-state index in [1.807, 2.05) is 23.3 Å². The molecule has 0 bridgehead atoms. The van der Waals surface area contributed by atoms with Crippen molar-refractivity contribution in [1.82, 2.24) is 14.9 Å². The van der Waals surface area contributed by atoms with Crippen LogP contribution < -0.4 is 9.80 Å². The standard InChI is InChI=1S/C19H24BrN5OS/c1-14-21-17(23-5-3-2-4-6-23)12-18(22-14)24-7-9-25(10-8-24)19(26)16-11-15(20)13-27-16/h11-13H,2-10H2,1H3. The maximum atomic E-state index is 12.6. The van der Waals surface area contributed by atoms with E-state index in [0.29, 0.717) is 0 Å². The summed E-state index contributed by atoms with van der Waals surface area (Å²) in [5.74, 6) is 2.96. The Morgan fingerprint density at radius 3 is 2.19 bits per heavy atom. The highest BCUT2D eigenvalue weighted by molar-refractivity contribution is 9.10. The van der Waals surface area contributed by atoms with Crippen molar-refractivity contribution in [2.24, 2.45) is 0 Å².